The van der Waals surface area contributed by atoms with Crippen LogP contribution in [0, 0.1) is 0 Å². The van der Waals surface area contributed by atoms with Crippen LogP contribution in [0.2, 0.25) is 0 Å². The Hall–Kier alpha value is -2.03. The van der Waals surface area contributed by atoms with Crippen LogP contribution in [0.4, 0.5) is 5.69 Å². The number of ketones is 1. The molecule has 0 unspecified atom stereocenters. The highest BCUT2D eigenvalue weighted by Crippen LogP contribution is 2.18. The van der Waals surface area contributed by atoms with Crippen LogP contribution >= 0.6 is 0 Å². The maximum absolute atomic E-state index is 12.0. The first-order valence-electron chi connectivity index (χ1n) is 5.20. The van der Waals surface area contributed by atoms with Crippen LogP contribution in [0.1, 0.15) is 28.8 Å². The molecule has 0 saturated heterocycles. The molecule has 0 atom stereocenters. The van der Waals surface area contributed by atoms with Crippen molar-refractivity contribution >= 4 is 11.5 Å². The molecule has 16 heavy (non-hydrogen) atoms. The third-order valence-corrected chi connectivity index (χ3v) is 2.44. The summed E-state index contributed by atoms with van der Waals surface area (Å²) in [5.74, 6) is 0.977. The van der Waals surface area contributed by atoms with E-state index in [1.807, 2.05) is 13.0 Å². The number of aryl methyl sites for hydroxylation is 1. The smallest absolute Gasteiger partial charge is 0.230 e. The van der Waals surface area contributed by atoms with Crippen LogP contribution in [-0.4, -0.2) is 5.78 Å². The van der Waals surface area contributed by atoms with E-state index >= 15 is 0 Å². The fraction of sp³-hybridized carbons (Fsp3) is 0.154. The van der Waals surface area contributed by atoms with Crippen molar-refractivity contribution in [1.82, 2.24) is 0 Å². The number of hydrogen-bond donors (Lipinski definition) is 1. The molecule has 3 nitrogen and oxygen atoms in total. The van der Waals surface area contributed by atoms with E-state index in [-0.39, 0.29) is 5.78 Å². The van der Waals surface area contributed by atoms with E-state index in [0.717, 1.165) is 12.2 Å². The first kappa shape index (κ1) is 10.5. The highest BCUT2D eigenvalue weighted by atomic mass is 16.3. The summed E-state index contributed by atoms with van der Waals surface area (Å²) in [5, 5.41) is 0. The molecule has 2 rings (SSSR count). The third-order valence-electron chi connectivity index (χ3n) is 2.44. The molecule has 0 radical (unpaired) electrons. The number of para-hydroxylation sites is 1. The SMILES string of the molecule is CCc1ccc(C(=O)c2ccccc2N)o1. The molecule has 1 heterocycles. The molecule has 0 spiro atoms. The minimum Gasteiger partial charge on any atom is -0.458 e. The van der Waals surface area contributed by atoms with Gasteiger partial charge in [-0.15, -0.1) is 0 Å². The van der Waals surface area contributed by atoms with Crippen molar-refractivity contribution in [3.8, 4) is 0 Å². The van der Waals surface area contributed by atoms with E-state index in [1.165, 1.54) is 0 Å². The molecular weight excluding hydrogens is 202 g/mol. The molecule has 0 aliphatic carbocycles. The van der Waals surface area contributed by atoms with Gasteiger partial charge in [-0.3, -0.25) is 4.79 Å². The number of hydrogen-bond acceptors (Lipinski definition) is 3. The lowest BCUT2D eigenvalue weighted by atomic mass is 10.1. The summed E-state index contributed by atoms with van der Waals surface area (Å²) in [7, 11) is 0. The van der Waals surface area contributed by atoms with E-state index in [0.29, 0.717) is 17.0 Å². The minimum atomic E-state index is -0.169. The molecule has 0 amide bonds. The number of rotatable bonds is 3. The van der Waals surface area contributed by atoms with E-state index < -0.39 is 0 Å². The molecule has 82 valence electrons. The van der Waals surface area contributed by atoms with Crippen molar-refractivity contribution in [2.24, 2.45) is 0 Å². The minimum absolute atomic E-state index is 0.169. The Bertz CT molecular complexity index is 514. The second-order valence-corrected chi connectivity index (χ2v) is 3.54. The van der Waals surface area contributed by atoms with E-state index in [4.69, 9.17) is 10.2 Å². The standard InChI is InChI=1S/C13H13NO2/c1-2-9-7-8-12(16-9)13(15)10-5-3-4-6-11(10)14/h3-8H,2,14H2,1H3. The quantitative estimate of drug-likeness (QED) is 0.632. The van der Waals surface area contributed by atoms with Gasteiger partial charge in [-0.05, 0) is 24.3 Å². The summed E-state index contributed by atoms with van der Waals surface area (Å²) in [4.78, 5) is 12.0. The maximum atomic E-state index is 12.0. The summed E-state index contributed by atoms with van der Waals surface area (Å²) in [6.07, 6.45) is 0.775. The number of benzene rings is 1. The zero-order chi connectivity index (χ0) is 11.5. The molecule has 2 N–H and O–H groups in total. The lowest BCUT2D eigenvalue weighted by Gasteiger charge is -2.01. The van der Waals surface area contributed by atoms with Gasteiger partial charge in [0.1, 0.15) is 5.76 Å². The Kier molecular flexibility index (Phi) is 2.77. The molecule has 3 heteroatoms. The Morgan fingerprint density at radius 3 is 2.62 bits per heavy atom. The summed E-state index contributed by atoms with van der Waals surface area (Å²) in [6, 6.07) is 10.5. The lowest BCUT2D eigenvalue weighted by Crippen LogP contribution is -2.03. The van der Waals surface area contributed by atoms with Gasteiger partial charge >= 0.3 is 0 Å². The van der Waals surface area contributed by atoms with Gasteiger partial charge in [-0.25, -0.2) is 0 Å². The summed E-state index contributed by atoms with van der Waals surface area (Å²) >= 11 is 0. The van der Waals surface area contributed by atoms with Crippen molar-refractivity contribution in [1.29, 1.82) is 0 Å². The summed E-state index contributed by atoms with van der Waals surface area (Å²) in [5.41, 5.74) is 6.70. The fourth-order valence-corrected chi connectivity index (χ4v) is 1.53. The molecule has 0 aliphatic rings. The molecule has 0 saturated carbocycles. The first-order chi connectivity index (χ1) is 7.72. The van der Waals surface area contributed by atoms with E-state index in [2.05, 4.69) is 0 Å². The van der Waals surface area contributed by atoms with Crippen LogP contribution in [0.3, 0.4) is 0 Å². The van der Waals surface area contributed by atoms with Crippen LogP contribution in [-0.2, 0) is 6.42 Å². The fourth-order valence-electron chi connectivity index (χ4n) is 1.53. The highest BCUT2D eigenvalue weighted by molar-refractivity contribution is 6.10. The Labute approximate surface area is 93.9 Å². The zero-order valence-corrected chi connectivity index (χ0v) is 9.07. The van der Waals surface area contributed by atoms with Gasteiger partial charge in [0, 0.05) is 17.7 Å². The third kappa shape index (κ3) is 1.84. The monoisotopic (exact) mass is 215 g/mol. The number of carbonyl (C=O) groups excluding carboxylic acids is 1. The van der Waals surface area contributed by atoms with Crippen molar-refractivity contribution in [3.63, 3.8) is 0 Å². The molecule has 1 aromatic carbocycles. The average molecular weight is 215 g/mol. The maximum Gasteiger partial charge on any atom is 0.230 e. The van der Waals surface area contributed by atoms with E-state index in [9.17, 15) is 4.79 Å². The normalized spacial score (nSPS) is 10.3. The van der Waals surface area contributed by atoms with Crippen molar-refractivity contribution in [2.45, 2.75) is 13.3 Å². The average Bonchev–Trinajstić information content (AvgIpc) is 2.77. The molecule has 0 bridgehead atoms. The molecule has 0 aliphatic heterocycles. The number of carbonyl (C=O) groups is 1. The van der Waals surface area contributed by atoms with Crippen LogP contribution in [0.25, 0.3) is 0 Å². The van der Waals surface area contributed by atoms with Crippen LogP contribution < -0.4 is 5.73 Å². The topological polar surface area (TPSA) is 56.2 Å². The molecule has 1 aromatic heterocycles. The van der Waals surface area contributed by atoms with Gasteiger partial charge in [0.05, 0.1) is 0 Å². The van der Waals surface area contributed by atoms with Crippen LogP contribution in [0.5, 0.6) is 0 Å². The van der Waals surface area contributed by atoms with Gasteiger partial charge in [0.15, 0.2) is 5.76 Å². The van der Waals surface area contributed by atoms with Crippen molar-refractivity contribution < 1.29 is 9.21 Å². The van der Waals surface area contributed by atoms with E-state index in [1.54, 1.807) is 30.3 Å². The van der Waals surface area contributed by atoms with Gasteiger partial charge in [0.2, 0.25) is 5.78 Å². The number of anilines is 1. The summed E-state index contributed by atoms with van der Waals surface area (Å²) < 4.78 is 5.40. The number of nitrogens with two attached hydrogens (primary N) is 1. The molecular formula is C13H13NO2. The Morgan fingerprint density at radius 2 is 2.00 bits per heavy atom. The summed E-state index contributed by atoms with van der Waals surface area (Å²) in [6.45, 7) is 1.98. The van der Waals surface area contributed by atoms with Gasteiger partial charge in [0.25, 0.3) is 0 Å². The number of furan rings is 1. The lowest BCUT2D eigenvalue weighted by molar-refractivity contribution is 0.101. The van der Waals surface area contributed by atoms with Crippen molar-refractivity contribution in [2.75, 3.05) is 5.73 Å². The predicted molar refractivity (Wildman–Crippen MR) is 62.4 cm³/mol. The van der Waals surface area contributed by atoms with Gasteiger partial charge < -0.3 is 10.2 Å². The number of nitrogen functional groups attached to an aromatic ring is 1. The molecule has 2 aromatic rings. The first-order valence-corrected chi connectivity index (χ1v) is 5.20. The Morgan fingerprint density at radius 1 is 1.25 bits per heavy atom. The second-order valence-electron chi connectivity index (χ2n) is 3.54. The van der Waals surface area contributed by atoms with Gasteiger partial charge in [-0.2, -0.15) is 0 Å². The predicted octanol–water partition coefficient (Wildman–Crippen LogP) is 2.66. The van der Waals surface area contributed by atoms with Crippen LogP contribution in [0.15, 0.2) is 40.8 Å². The largest absolute Gasteiger partial charge is 0.458 e. The highest BCUT2D eigenvalue weighted by Gasteiger charge is 2.15. The second kappa shape index (κ2) is 4.23. The van der Waals surface area contributed by atoms with Gasteiger partial charge in [-0.1, -0.05) is 19.1 Å². The Balaban J connectivity index is 2.35. The van der Waals surface area contributed by atoms with Crippen molar-refractivity contribution in [3.05, 3.63) is 53.5 Å². The molecule has 0 fully saturated rings. The zero-order valence-electron chi connectivity index (χ0n) is 9.07.